The lowest BCUT2D eigenvalue weighted by Crippen LogP contribution is -2.46. The van der Waals surface area contributed by atoms with Crippen LogP contribution in [0, 0.1) is 0 Å². The van der Waals surface area contributed by atoms with Crippen molar-refractivity contribution in [1.29, 1.82) is 0 Å². The molecule has 28 heavy (non-hydrogen) atoms. The molecule has 1 aliphatic rings. The van der Waals surface area contributed by atoms with Crippen LogP contribution in [-0.2, 0) is 0 Å². The topological polar surface area (TPSA) is 54.3 Å². The fourth-order valence-electron chi connectivity index (χ4n) is 3.20. The van der Waals surface area contributed by atoms with E-state index >= 15 is 0 Å². The molecule has 1 aromatic carbocycles. The van der Waals surface area contributed by atoms with E-state index in [0.717, 1.165) is 37.7 Å². The van der Waals surface area contributed by atoms with Crippen LogP contribution in [0.4, 0.5) is 11.5 Å². The van der Waals surface area contributed by atoms with E-state index in [-0.39, 0.29) is 10.0 Å². The molecule has 9 heteroatoms. The minimum Gasteiger partial charge on any atom is -0.367 e. The van der Waals surface area contributed by atoms with Crippen LogP contribution in [0.1, 0.15) is 0 Å². The van der Waals surface area contributed by atoms with Gasteiger partial charge in [0.05, 0.1) is 27.6 Å². The van der Waals surface area contributed by atoms with E-state index < -0.39 is 5.56 Å². The van der Waals surface area contributed by atoms with Crippen molar-refractivity contribution in [3.05, 3.63) is 74.2 Å². The van der Waals surface area contributed by atoms with Crippen LogP contribution in [-0.4, -0.2) is 40.9 Å². The number of halogens is 3. The van der Waals surface area contributed by atoms with Gasteiger partial charge in [0, 0.05) is 32.4 Å². The van der Waals surface area contributed by atoms with Crippen LogP contribution in [0.3, 0.4) is 0 Å². The average Bonchev–Trinajstić information content (AvgIpc) is 2.73. The van der Waals surface area contributed by atoms with E-state index in [2.05, 4.69) is 19.9 Å². The van der Waals surface area contributed by atoms with Gasteiger partial charge in [-0.3, -0.25) is 4.79 Å². The molecule has 0 bridgehead atoms. The van der Waals surface area contributed by atoms with Gasteiger partial charge in [-0.25, -0.2) is 4.98 Å². The number of benzene rings is 1. The lowest BCUT2D eigenvalue weighted by Gasteiger charge is -2.37. The van der Waals surface area contributed by atoms with Gasteiger partial charge in [0.2, 0.25) is 0 Å². The Labute approximate surface area is 176 Å². The number of hydrogen-bond acceptors (Lipinski definition) is 5. The van der Waals surface area contributed by atoms with Gasteiger partial charge in [-0.2, -0.15) is 9.78 Å². The first-order chi connectivity index (χ1) is 13.5. The number of anilines is 2. The van der Waals surface area contributed by atoms with Gasteiger partial charge in [0.15, 0.2) is 0 Å². The number of hydrogen-bond donors (Lipinski definition) is 0. The zero-order valence-electron chi connectivity index (χ0n) is 14.7. The van der Waals surface area contributed by atoms with Crippen LogP contribution in [0.2, 0.25) is 15.1 Å². The molecule has 0 aliphatic carbocycles. The third-order valence-corrected chi connectivity index (χ3v) is 5.70. The smallest absolute Gasteiger partial charge is 0.291 e. The number of nitrogens with zero attached hydrogens (tertiary/aromatic N) is 5. The van der Waals surface area contributed by atoms with Crippen molar-refractivity contribution < 1.29 is 0 Å². The third kappa shape index (κ3) is 3.68. The molecule has 0 spiro atoms. The first-order valence-corrected chi connectivity index (χ1v) is 9.82. The van der Waals surface area contributed by atoms with Gasteiger partial charge < -0.3 is 9.80 Å². The van der Waals surface area contributed by atoms with E-state index in [0.29, 0.717) is 10.7 Å². The van der Waals surface area contributed by atoms with Crippen LogP contribution in [0.15, 0.2) is 53.6 Å². The second-order valence-electron chi connectivity index (χ2n) is 6.32. The molecule has 0 unspecified atom stereocenters. The fraction of sp³-hybridized carbons (Fsp3) is 0.211. The monoisotopic (exact) mass is 435 g/mol. The normalized spacial score (nSPS) is 14.4. The number of rotatable bonds is 3. The van der Waals surface area contributed by atoms with Gasteiger partial charge in [0.1, 0.15) is 10.8 Å². The molecule has 0 amide bonds. The second-order valence-corrected chi connectivity index (χ2v) is 7.51. The van der Waals surface area contributed by atoms with Gasteiger partial charge in [-0.1, -0.05) is 40.9 Å². The lowest BCUT2D eigenvalue weighted by atomic mass is 10.2. The fourth-order valence-corrected chi connectivity index (χ4v) is 3.75. The van der Waals surface area contributed by atoms with E-state index in [4.69, 9.17) is 34.8 Å². The molecule has 144 valence electrons. The first kappa shape index (κ1) is 19.1. The second kappa shape index (κ2) is 7.99. The van der Waals surface area contributed by atoms with E-state index in [1.807, 2.05) is 24.3 Å². The van der Waals surface area contributed by atoms with E-state index in [9.17, 15) is 4.79 Å². The number of piperazine rings is 1. The molecule has 0 N–H and O–H groups in total. The summed E-state index contributed by atoms with van der Waals surface area (Å²) in [6.07, 6.45) is 3.14. The first-order valence-electron chi connectivity index (χ1n) is 8.69. The third-order valence-electron chi connectivity index (χ3n) is 4.65. The largest absolute Gasteiger partial charge is 0.367 e. The van der Waals surface area contributed by atoms with Gasteiger partial charge >= 0.3 is 0 Å². The molecule has 3 heterocycles. The number of pyridine rings is 1. The Hall–Kier alpha value is -2.28. The summed E-state index contributed by atoms with van der Waals surface area (Å²) in [6, 6.07) is 11.3. The molecule has 2 aromatic heterocycles. The number of aromatic nitrogens is 3. The Balaban J connectivity index is 1.53. The SMILES string of the molecule is O=c1c(Cl)c(Cl)cnn1-c1ccc(N2CCN(c3ccccn3)CC2)c(Cl)c1. The molecule has 1 fully saturated rings. The maximum absolute atomic E-state index is 12.3. The van der Waals surface area contributed by atoms with Crippen molar-refractivity contribution in [1.82, 2.24) is 14.8 Å². The van der Waals surface area contributed by atoms with Crippen molar-refractivity contribution in [2.24, 2.45) is 0 Å². The molecular formula is C19H16Cl3N5O. The summed E-state index contributed by atoms with van der Waals surface area (Å²) < 4.78 is 1.18. The molecule has 0 radical (unpaired) electrons. The minimum atomic E-state index is -0.484. The standard InChI is InChI=1S/C19H16Cl3N5O/c20-14-11-13(27-19(28)18(22)15(21)12-24-27)4-5-16(14)25-7-9-26(10-8-25)17-3-1-2-6-23-17/h1-6,11-12H,7-10H2. The maximum atomic E-state index is 12.3. The summed E-state index contributed by atoms with van der Waals surface area (Å²) in [7, 11) is 0. The van der Waals surface area contributed by atoms with Crippen LogP contribution in [0.25, 0.3) is 5.69 Å². The Morgan fingerprint density at radius 1 is 0.893 bits per heavy atom. The van der Waals surface area contributed by atoms with Crippen molar-refractivity contribution in [2.45, 2.75) is 0 Å². The lowest BCUT2D eigenvalue weighted by molar-refractivity contribution is 0.647. The molecule has 4 rings (SSSR count). The summed E-state index contributed by atoms with van der Waals surface area (Å²) in [4.78, 5) is 21.2. The van der Waals surface area contributed by atoms with E-state index in [1.54, 1.807) is 18.3 Å². The average molecular weight is 437 g/mol. The highest BCUT2D eigenvalue weighted by molar-refractivity contribution is 6.41. The Morgan fingerprint density at radius 3 is 2.32 bits per heavy atom. The summed E-state index contributed by atoms with van der Waals surface area (Å²) in [5, 5.41) is 4.64. The van der Waals surface area contributed by atoms with Gasteiger partial charge in [-0.15, -0.1) is 0 Å². The Kier molecular flexibility index (Phi) is 5.44. The summed E-state index contributed by atoms with van der Waals surface area (Å²) >= 11 is 18.3. The predicted octanol–water partition coefficient (Wildman–Crippen LogP) is 3.91. The highest BCUT2D eigenvalue weighted by atomic mass is 35.5. The minimum absolute atomic E-state index is 0.0671. The molecule has 1 saturated heterocycles. The maximum Gasteiger partial charge on any atom is 0.291 e. The zero-order valence-corrected chi connectivity index (χ0v) is 17.0. The molecule has 1 aliphatic heterocycles. The summed E-state index contributed by atoms with van der Waals surface area (Å²) in [5.41, 5.74) is 0.964. The highest BCUT2D eigenvalue weighted by Crippen LogP contribution is 2.29. The highest BCUT2D eigenvalue weighted by Gasteiger charge is 2.20. The van der Waals surface area contributed by atoms with Crippen LogP contribution in [0.5, 0.6) is 0 Å². The summed E-state index contributed by atoms with van der Waals surface area (Å²) in [5.74, 6) is 0.980. The molecule has 0 saturated carbocycles. The van der Waals surface area contributed by atoms with Crippen molar-refractivity contribution >= 4 is 46.3 Å². The molecule has 3 aromatic rings. The van der Waals surface area contributed by atoms with Crippen LogP contribution >= 0.6 is 34.8 Å². The van der Waals surface area contributed by atoms with Crippen molar-refractivity contribution in [3.8, 4) is 5.69 Å². The molecule has 6 nitrogen and oxygen atoms in total. The van der Waals surface area contributed by atoms with Crippen molar-refractivity contribution in [3.63, 3.8) is 0 Å². The van der Waals surface area contributed by atoms with Gasteiger partial charge in [0.25, 0.3) is 5.56 Å². The Bertz CT molecular complexity index is 1050. The van der Waals surface area contributed by atoms with Gasteiger partial charge in [-0.05, 0) is 30.3 Å². The van der Waals surface area contributed by atoms with Crippen molar-refractivity contribution in [2.75, 3.05) is 36.0 Å². The molecule has 0 atom stereocenters. The van der Waals surface area contributed by atoms with E-state index in [1.165, 1.54) is 10.9 Å². The summed E-state index contributed by atoms with van der Waals surface area (Å²) in [6.45, 7) is 3.34. The van der Waals surface area contributed by atoms with Crippen LogP contribution < -0.4 is 15.4 Å². The zero-order chi connectivity index (χ0) is 19.7. The quantitative estimate of drug-likeness (QED) is 0.623. The predicted molar refractivity (Wildman–Crippen MR) is 114 cm³/mol. The molecular weight excluding hydrogens is 421 g/mol. The Morgan fingerprint density at radius 2 is 1.64 bits per heavy atom.